The molecule has 0 fully saturated rings. The number of hydrogen-bond donors (Lipinski definition) is 2. The minimum atomic E-state index is -0.943. The predicted molar refractivity (Wildman–Crippen MR) is 50.0 cm³/mol. The van der Waals surface area contributed by atoms with E-state index < -0.39 is 18.1 Å². The van der Waals surface area contributed by atoms with Crippen molar-refractivity contribution in [3.8, 4) is 0 Å². The molecular formula is C9H19NO3. The van der Waals surface area contributed by atoms with Crippen LogP contribution in [0.2, 0.25) is 0 Å². The fourth-order valence-electron chi connectivity index (χ4n) is 0.595. The molecule has 0 aromatic heterocycles. The van der Waals surface area contributed by atoms with Gasteiger partial charge < -0.3 is 15.6 Å². The first kappa shape index (κ1) is 12.4. The number of nitrogens with two attached hydrogens (primary N) is 1. The van der Waals surface area contributed by atoms with Crippen LogP contribution in [0.4, 0.5) is 0 Å². The van der Waals surface area contributed by atoms with E-state index in [1.807, 2.05) is 13.8 Å². The van der Waals surface area contributed by atoms with E-state index in [4.69, 9.17) is 15.6 Å². The van der Waals surface area contributed by atoms with Crippen LogP contribution in [0.15, 0.2) is 0 Å². The Labute approximate surface area is 79.1 Å². The molecule has 0 amide bonds. The molecule has 0 aliphatic heterocycles. The number of hydrogen-bond acceptors (Lipinski definition) is 4. The van der Waals surface area contributed by atoms with Crippen molar-refractivity contribution >= 4 is 5.97 Å². The Morgan fingerprint density at radius 2 is 1.77 bits per heavy atom. The molecule has 1 unspecified atom stereocenters. The minimum Gasteiger partial charge on any atom is -0.461 e. The Bertz CT molecular complexity index is 168. The van der Waals surface area contributed by atoms with Crippen molar-refractivity contribution in [2.45, 2.75) is 45.9 Å². The van der Waals surface area contributed by atoms with Crippen molar-refractivity contribution in [2.24, 2.45) is 11.7 Å². The molecule has 0 heterocycles. The molecule has 0 aliphatic carbocycles. The average molecular weight is 189 g/mol. The van der Waals surface area contributed by atoms with Crippen LogP contribution in [0.3, 0.4) is 0 Å². The smallest absolute Gasteiger partial charge is 0.325 e. The summed E-state index contributed by atoms with van der Waals surface area (Å²) in [4.78, 5) is 11.2. The van der Waals surface area contributed by atoms with E-state index in [0.717, 1.165) is 0 Å². The van der Waals surface area contributed by atoms with Gasteiger partial charge in [0.15, 0.2) is 0 Å². The Morgan fingerprint density at radius 1 is 1.31 bits per heavy atom. The Balaban J connectivity index is 4.00. The van der Waals surface area contributed by atoms with Gasteiger partial charge in [-0.05, 0) is 19.8 Å². The van der Waals surface area contributed by atoms with Crippen molar-refractivity contribution in [3.05, 3.63) is 0 Å². The summed E-state index contributed by atoms with van der Waals surface area (Å²) in [5, 5.41) is 9.02. The highest BCUT2D eigenvalue weighted by Crippen LogP contribution is 2.06. The third-order valence-corrected chi connectivity index (χ3v) is 2.03. The molecule has 0 saturated carbocycles. The summed E-state index contributed by atoms with van der Waals surface area (Å²) in [6, 6.07) is -0.943. The number of rotatable bonds is 4. The van der Waals surface area contributed by atoms with Gasteiger partial charge in [0, 0.05) is 0 Å². The van der Waals surface area contributed by atoms with Gasteiger partial charge in [-0.25, -0.2) is 0 Å². The topological polar surface area (TPSA) is 72.5 Å². The summed E-state index contributed by atoms with van der Waals surface area (Å²) < 4.78 is 5.01. The summed E-state index contributed by atoms with van der Waals surface area (Å²) in [6.07, 6.45) is -1.04. The number of carbonyl (C=O) groups is 1. The molecule has 0 bridgehead atoms. The lowest BCUT2D eigenvalue weighted by atomic mass is 10.1. The number of esters is 1. The summed E-state index contributed by atoms with van der Waals surface area (Å²) in [6.45, 7) is 7.17. The largest absolute Gasteiger partial charge is 0.461 e. The first-order valence-corrected chi connectivity index (χ1v) is 4.50. The number of carbonyl (C=O) groups excluding carboxylic acids is 1. The van der Waals surface area contributed by atoms with Gasteiger partial charge in [0.1, 0.15) is 12.1 Å². The second-order valence-electron chi connectivity index (χ2n) is 3.65. The van der Waals surface area contributed by atoms with E-state index >= 15 is 0 Å². The molecule has 4 nitrogen and oxygen atoms in total. The van der Waals surface area contributed by atoms with E-state index in [9.17, 15) is 4.79 Å². The van der Waals surface area contributed by atoms with Crippen LogP contribution in [0.5, 0.6) is 0 Å². The highest BCUT2D eigenvalue weighted by atomic mass is 16.5. The zero-order valence-electron chi connectivity index (χ0n) is 8.65. The monoisotopic (exact) mass is 189 g/mol. The molecule has 0 aromatic rings. The van der Waals surface area contributed by atoms with E-state index in [-0.39, 0.29) is 12.0 Å². The second kappa shape index (κ2) is 5.19. The van der Waals surface area contributed by atoms with Crippen molar-refractivity contribution in [2.75, 3.05) is 0 Å². The zero-order chi connectivity index (χ0) is 10.6. The van der Waals surface area contributed by atoms with Gasteiger partial charge >= 0.3 is 5.97 Å². The Hall–Kier alpha value is -0.610. The van der Waals surface area contributed by atoms with Crippen LogP contribution in [0.1, 0.15) is 27.7 Å². The fourth-order valence-corrected chi connectivity index (χ4v) is 0.595. The van der Waals surface area contributed by atoms with Crippen LogP contribution in [-0.4, -0.2) is 29.3 Å². The molecule has 0 rings (SSSR count). The lowest BCUT2D eigenvalue weighted by Gasteiger charge is -2.20. The zero-order valence-corrected chi connectivity index (χ0v) is 8.65. The second-order valence-corrected chi connectivity index (χ2v) is 3.65. The Morgan fingerprint density at radius 3 is 2.08 bits per heavy atom. The van der Waals surface area contributed by atoms with Gasteiger partial charge in [-0.2, -0.15) is 0 Å². The van der Waals surface area contributed by atoms with Crippen LogP contribution in [-0.2, 0) is 9.53 Å². The van der Waals surface area contributed by atoms with Crippen molar-refractivity contribution < 1.29 is 14.6 Å². The molecule has 0 saturated heterocycles. The van der Waals surface area contributed by atoms with Gasteiger partial charge in [-0.3, -0.25) is 4.79 Å². The lowest BCUT2D eigenvalue weighted by Crippen LogP contribution is -2.43. The number of ether oxygens (including phenoxy) is 1. The van der Waals surface area contributed by atoms with Crippen molar-refractivity contribution in [3.63, 3.8) is 0 Å². The molecule has 4 heteroatoms. The van der Waals surface area contributed by atoms with Crippen LogP contribution >= 0.6 is 0 Å². The third kappa shape index (κ3) is 4.24. The molecule has 3 N–H and O–H groups in total. The summed E-state index contributed by atoms with van der Waals surface area (Å²) in [7, 11) is 0. The summed E-state index contributed by atoms with van der Waals surface area (Å²) >= 11 is 0. The van der Waals surface area contributed by atoms with Gasteiger partial charge in [-0.1, -0.05) is 13.8 Å². The molecule has 13 heavy (non-hydrogen) atoms. The van der Waals surface area contributed by atoms with Crippen molar-refractivity contribution in [1.82, 2.24) is 0 Å². The van der Waals surface area contributed by atoms with Gasteiger partial charge in [0.25, 0.3) is 0 Å². The molecule has 0 radical (unpaired) electrons. The first-order valence-electron chi connectivity index (χ1n) is 4.50. The van der Waals surface area contributed by atoms with E-state index in [0.29, 0.717) is 0 Å². The van der Waals surface area contributed by atoms with Gasteiger partial charge in [0.2, 0.25) is 0 Å². The lowest BCUT2D eigenvalue weighted by molar-refractivity contribution is -0.154. The summed E-state index contributed by atoms with van der Waals surface area (Å²) in [5.41, 5.74) is 5.38. The van der Waals surface area contributed by atoms with Crippen LogP contribution in [0, 0.1) is 5.92 Å². The van der Waals surface area contributed by atoms with Gasteiger partial charge in [0.05, 0.1) is 6.10 Å². The quantitative estimate of drug-likeness (QED) is 0.623. The van der Waals surface area contributed by atoms with Crippen LogP contribution in [0.25, 0.3) is 0 Å². The van der Waals surface area contributed by atoms with Crippen molar-refractivity contribution in [1.29, 1.82) is 0 Å². The highest BCUT2D eigenvalue weighted by molar-refractivity contribution is 5.76. The third-order valence-electron chi connectivity index (χ3n) is 2.03. The fraction of sp³-hybridized carbons (Fsp3) is 0.889. The molecular weight excluding hydrogens is 170 g/mol. The highest BCUT2D eigenvalue weighted by Gasteiger charge is 2.23. The normalized spacial score (nSPS) is 18.1. The van der Waals surface area contributed by atoms with E-state index in [2.05, 4.69) is 0 Å². The number of aliphatic hydroxyl groups is 1. The van der Waals surface area contributed by atoms with E-state index in [1.54, 1.807) is 6.92 Å². The van der Waals surface area contributed by atoms with Gasteiger partial charge in [-0.15, -0.1) is 0 Å². The van der Waals surface area contributed by atoms with Crippen LogP contribution < -0.4 is 5.73 Å². The summed E-state index contributed by atoms with van der Waals surface area (Å²) in [5.74, 6) is -0.290. The van der Waals surface area contributed by atoms with E-state index in [1.165, 1.54) is 6.92 Å². The standard InChI is InChI=1S/C9H19NO3/c1-5(2)7(4)13-9(12)8(10)6(3)11/h5-8,11H,10H2,1-4H3/t6?,7-,8-/m1/s1. The maximum Gasteiger partial charge on any atom is 0.325 e. The molecule has 0 spiro atoms. The first-order chi connectivity index (χ1) is 5.86. The Kier molecular flexibility index (Phi) is 4.95. The predicted octanol–water partition coefficient (Wildman–Crippen LogP) is 0.282. The molecule has 78 valence electrons. The minimum absolute atomic E-state index is 0.169. The molecule has 0 aliphatic rings. The number of aliphatic hydroxyl groups excluding tert-OH is 1. The SMILES string of the molecule is CC(C)[C@@H](C)OC(=O)[C@H](N)C(C)O. The molecule has 3 atom stereocenters. The maximum absolute atomic E-state index is 11.2. The average Bonchev–Trinajstić information content (AvgIpc) is 2.02. The molecule has 0 aromatic carbocycles. The maximum atomic E-state index is 11.2.